The number of rotatable bonds is 5. The monoisotopic (exact) mass is 382 g/mol. The Morgan fingerprint density at radius 2 is 1.75 bits per heavy atom. The Morgan fingerprint density at radius 3 is 2.39 bits per heavy atom. The first-order valence-electron chi connectivity index (χ1n) is 10.5. The Balaban J connectivity index is 1.35. The molecular formula is C22H30N4O2. The van der Waals surface area contributed by atoms with Crippen molar-refractivity contribution in [1.82, 2.24) is 19.6 Å². The van der Waals surface area contributed by atoms with E-state index in [0.29, 0.717) is 11.6 Å². The summed E-state index contributed by atoms with van der Waals surface area (Å²) in [4.78, 5) is 16.9. The minimum Gasteiger partial charge on any atom is -0.490 e. The number of hydrogen-bond acceptors (Lipinski definition) is 4. The molecule has 0 radical (unpaired) electrons. The molecule has 4 rings (SSSR count). The summed E-state index contributed by atoms with van der Waals surface area (Å²) in [5, 5.41) is 4.37. The Kier molecular flexibility index (Phi) is 5.67. The molecule has 0 bridgehead atoms. The second-order valence-corrected chi connectivity index (χ2v) is 8.11. The lowest BCUT2D eigenvalue weighted by Gasteiger charge is -2.34. The predicted molar refractivity (Wildman–Crippen MR) is 109 cm³/mol. The Morgan fingerprint density at radius 1 is 1.07 bits per heavy atom. The van der Waals surface area contributed by atoms with Crippen LogP contribution in [0, 0.1) is 0 Å². The molecule has 0 saturated carbocycles. The summed E-state index contributed by atoms with van der Waals surface area (Å²) in [7, 11) is 0. The fraction of sp³-hybridized carbons (Fsp3) is 0.545. The van der Waals surface area contributed by atoms with Gasteiger partial charge in [0.15, 0.2) is 0 Å². The van der Waals surface area contributed by atoms with E-state index >= 15 is 0 Å². The quantitative estimate of drug-likeness (QED) is 0.796. The smallest absolute Gasteiger partial charge is 0.257 e. The fourth-order valence-corrected chi connectivity index (χ4v) is 4.06. The van der Waals surface area contributed by atoms with Gasteiger partial charge in [-0.1, -0.05) is 0 Å². The van der Waals surface area contributed by atoms with Gasteiger partial charge in [-0.25, -0.2) is 4.68 Å². The van der Waals surface area contributed by atoms with Crippen molar-refractivity contribution in [1.29, 1.82) is 0 Å². The van der Waals surface area contributed by atoms with Crippen LogP contribution in [0.15, 0.2) is 36.7 Å². The summed E-state index contributed by atoms with van der Waals surface area (Å²) in [6.45, 7) is 8.40. The van der Waals surface area contributed by atoms with E-state index in [4.69, 9.17) is 4.74 Å². The molecule has 1 aromatic heterocycles. The van der Waals surface area contributed by atoms with Crippen molar-refractivity contribution in [3.8, 4) is 11.4 Å². The minimum absolute atomic E-state index is 0.0800. The number of ether oxygens (including phenoxy) is 1. The van der Waals surface area contributed by atoms with Crippen LogP contribution in [0.4, 0.5) is 0 Å². The molecule has 2 saturated heterocycles. The van der Waals surface area contributed by atoms with Crippen LogP contribution >= 0.6 is 0 Å². The molecule has 6 nitrogen and oxygen atoms in total. The minimum atomic E-state index is 0.0800. The number of benzene rings is 1. The maximum absolute atomic E-state index is 12.5. The Bertz CT molecular complexity index is 785. The van der Waals surface area contributed by atoms with Gasteiger partial charge in [-0.05, 0) is 63.8 Å². The second-order valence-electron chi connectivity index (χ2n) is 8.11. The molecule has 2 aliphatic heterocycles. The first-order valence-corrected chi connectivity index (χ1v) is 10.5. The molecular weight excluding hydrogens is 352 g/mol. The molecule has 28 heavy (non-hydrogen) atoms. The van der Waals surface area contributed by atoms with Crippen molar-refractivity contribution < 1.29 is 9.53 Å². The van der Waals surface area contributed by atoms with Gasteiger partial charge in [-0.3, -0.25) is 4.79 Å². The van der Waals surface area contributed by atoms with Gasteiger partial charge in [0.25, 0.3) is 5.91 Å². The largest absolute Gasteiger partial charge is 0.490 e. The summed E-state index contributed by atoms with van der Waals surface area (Å²) in [6.07, 6.45) is 8.10. The normalized spacial score (nSPS) is 18.8. The summed E-state index contributed by atoms with van der Waals surface area (Å²) in [5.41, 5.74) is 1.58. The van der Waals surface area contributed by atoms with Crippen molar-refractivity contribution in [3.05, 3.63) is 42.2 Å². The van der Waals surface area contributed by atoms with E-state index in [1.54, 1.807) is 10.9 Å². The van der Waals surface area contributed by atoms with E-state index in [1.807, 2.05) is 35.4 Å². The van der Waals surface area contributed by atoms with Gasteiger partial charge >= 0.3 is 0 Å². The molecule has 2 aromatic rings. The van der Waals surface area contributed by atoms with Crippen LogP contribution in [-0.4, -0.2) is 63.8 Å². The average molecular weight is 383 g/mol. The van der Waals surface area contributed by atoms with Crippen LogP contribution in [0.2, 0.25) is 0 Å². The lowest BCUT2D eigenvalue weighted by atomic mass is 10.1. The highest BCUT2D eigenvalue weighted by molar-refractivity contribution is 5.94. The van der Waals surface area contributed by atoms with Gasteiger partial charge in [0.2, 0.25) is 0 Å². The van der Waals surface area contributed by atoms with Crippen molar-refractivity contribution in [2.24, 2.45) is 0 Å². The third-order valence-electron chi connectivity index (χ3n) is 5.83. The van der Waals surface area contributed by atoms with Crippen LogP contribution in [0.5, 0.6) is 5.75 Å². The first kappa shape index (κ1) is 19.0. The molecule has 1 aromatic carbocycles. The third-order valence-corrected chi connectivity index (χ3v) is 5.83. The zero-order chi connectivity index (χ0) is 19.5. The molecule has 1 amide bonds. The number of carbonyl (C=O) groups is 1. The van der Waals surface area contributed by atoms with Crippen molar-refractivity contribution in [2.75, 3.05) is 26.2 Å². The molecule has 0 aliphatic carbocycles. The number of hydrogen-bond donors (Lipinski definition) is 0. The van der Waals surface area contributed by atoms with E-state index in [2.05, 4.69) is 23.8 Å². The number of amides is 1. The zero-order valence-corrected chi connectivity index (χ0v) is 16.9. The zero-order valence-electron chi connectivity index (χ0n) is 16.9. The highest BCUT2D eigenvalue weighted by Crippen LogP contribution is 2.22. The molecule has 2 fully saturated rings. The summed E-state index contributed by atoms with van der Waals surface area (Å²) < 4.78 is 7.93. The van der Waals surface area contributed by atoms with Crippen LogP contribution in [0.1, 0.15) is 49.9 Å². The number of nitrogens with zero attached hydrogens (tertiary/aromatic N) is 4. The summed E-state index contributed by atoms with van der Waals surface area (Å²) in [6, 6.07) is 8.59. The van der Waals surface area contributed by atoms with E-state index in [-0.39, 0.29) is 12.0 Å². The van der Waals surface area contributed by atoms with Crippen LogP contribution in [0.25, 0.3) is 5.69 Å². The van der Waals surface area contributed by atoms with Crippen molar-refractivity contribution in [3.63, 3.8) is 0 Å². The number of piperidine rings is 1. The van der Waals surface area contributed by atoms with E-state index in [1.165, 1.54) is 0 Å². The van der Waals surface area contributed by atoms with Crippen LogP contribution in [-0.2, 0) is 0 Å². The molecule has 150 valence electrons. The van der Waals surface area contributed by atoms with Gasteiger partial charge in [-0.15, -0.1) is 0 Å². The topological polar surface area (TPSA) is 50.6 Å². The van der Waals surface area contributed by atoms with Crippen LogP contribution < -0.4 is 4.74 Å². The predicted octanol–water partition coefficient (Wildman–Crippen LogP) is 3.36. The average Bonchev–Trinajstić information content (AvgIpc) is 3.41. The number of aromatic nitrogens is 2. The summed E-state index contributed by atoms with van der Waals surface area (Å²) >= 11 is 0. The molecule has 0 atom stereocenters. The maximum Gasteiger partial charge on any atom is 0.257 e. The van der Waals surface area contributed by atoms with Crippen LogP contribution in [0.3, 0.4) is 0 Å². The molecule has 0 N–H and O–H groups in total. The fourth-order valence-electron chi connectivity index (χ4n) is 4.06. The van der Waals surface area contributed by atoms with E-state index in [9.17, 15) is 4.79 Å². The molecule has 6 heteroatoms. The number of likely N-dealkylation sites (tertiary alicyclic amines) is 2. The highest BCUT2D eigenvalue weighted by Gasteiger charge is 2.22. The summed E-state index contributed by atoms with van der Waals surface area (Å²) in [5.74, 6) is 0.976. The molecule has 0 spiro atoms. The van der Waals surface area contributed by atoms with Crippen molar-refractivity contribution >= 4 is 5.91 Å². The van der Waals surface area contributed by atoms with E-state index < -0.39 is 0 Å². The lowest BCUT2D eigenvalue weighted by Crippen LogP contribution is -2.41. The number of carbonyl (C=O) groups excluding carboxylic acids is 1. The molecule has 2 aliphatic rings. The van der Waals surface area contributed by atoms with Gasteiger partial charge in [0, 0.05) is 38.4 Å². The Hall–Kier alpha value is -2.34. The van der Waals surface area contributed by atoms with E-state index in [0.717, 1.165) is 63.3 Å². The Labute approximate surface area is 167 Å². The van der Waals surface area contributed by atoms with Crippen molar-refractivity contribution in [2.45, 2.75) is 51.7 Å². The molecule has 3 heterocycles. The standard InChI is InChI=1S/C22H30N4O2/c1-17(2)24-13-9-21(10-14-24)28-20-7-5-19(6-8-20)26-16-18(15-23-26)22(27)25-11-3-4-12-25/h5-8,15-17,21H,3-4,9-14H2,1-2H3. The lowest BCUT2D eigenvalue weighted by molar-refractivity contribution is 0.0792. The van der Waals surface area contributed by atoms with Gasteiger partial charge in [0.1, 0.15) is 11.9 Å². The highest BCUT2D eigenvalue weighted by atomic mass is 16.5. The maximum atomic E-state index is 12.5. The van der Waals surface area contributed by atoms with Gasteiger partial charge in [-0.2, -0.15) is 5.10 Å². The van der Waals surface area contributed by atoms with Gasteiger partial charge < -0.3 is 14.5 Å². The second kappa shape index (κ2) is 8.35. The molecule has 0 unspecified atom stereocenters. The SMILES string of the molecule is CC(C)N1CCC(Oc2ccc(-n3cc(C(=O)N4CCCC4)cn3)cc2)CC1. The van der Waals surface area contributed by atoms with Gasteiger partial charge in [0.05, 0.1) is 17.4 Å². The third kappa shape index (κ3) is 4.22. The first-order chi connectivity index (χ1) is 13.6.